The van der Waals surface area contributed by atoms with E-state index in [4.69, 9.17) is 9.73 Å². The number of hydrogen-bond donors (Lipinski definition) is 2. The SMILES string of the molecule is CCCC(C(=O)NO)n1oc2cc(C(C)C)ccc2c1=O. The first-order valence-electron chi connectivity index (χ1n) is 7.09. The Balaban J connectivity index is 2.55. The zero-order valence-electron chi connectivity index (χ0n) is 12.4. The molecule has 1 aromatic carbocycles. The third-order valence-corrected chi connectivity index (χ3v) is 3.56. The van der Waals surface area contributed by atoms with Gasteiger partial charge >= 0.3 is 0 Å². The van der Waals surface area contributed by atoms with Crippen molar-refractivity contribution in [3.63, 3.8) is 0 Å². The quantitative estimate of drug-likeness (QED) is 0.655. The van der Waals surface area contributed by atoms with Crippen molar-refractivity contribution in [3.05, 3.63) is 34.1 Å². The van der Waals surface area contributed by atoms with E-state index < -0.39 is 11.9 Å². The summed E-state index contributed by atoms with van der Waals surface area (Å²) in [6.45, 7) is 5.99. The Labute approximate surface area is 122 Å². The molecule has 0 fully saturated rings. The number of aromatic nitrogens is 1. The monoisotopic (exact) mass is 292 g/mol. The summed E-state index contributed by atoms with van der Waals surface area (Å²) in [5.74, 6) is -0.336. The van der Waals surface area contributed by atoms with Crippen LogP contribution in [0.2, 0.25) is 0 Å². The van der Waals surface area contributed by atoms with Gasteiger partial charge in [0.15, 0.2) is 11.6 Å². The number of amides is 1. The number of hydroxylamine groups is 1. The zero-order valence-corrected chi connectivity index (χ0v) is 12.4. The van der Waals surface area contributed by atoms with E-state index in [9.17, 15) is 9.59 Å². The van der Waals surface area contributed by atoms with E-state index in [0.29, 0.717) is 29.7 Å². The van der Waals surface area contributed by atoms with Crippen LogP contribution < -0.4 is 11.0 Å². The summed E-state index contributed by atoms with van der Waals surface area (Å²) in [6.07, 6.45) is 1.09. The molecule has 1 aromatic heterocycles. The summed E-state index contributed by atoms with van der Waals surface area (Å²) in [5.41, 5.74) is 2.75. The van der Waals surface area contributed by atoms with Crippen LogP contribution in [-0.4, -0.2) is 15.9 Å². The average Bonchev–Trinajstić information content (AvgIpc) is 2.80. The van der Waals surface area contributed by atoms with Crippen LogP contribution in [0.4, 0.5) is 0 Å². The van der Waals surface area contributed by atoms with Crippen molar-refractivity contribution < 1.29 is 14.5 Å². The zero-order chi connectivity index (χ0) is 15.6. The minimum atomic E-state index is -0.845. The maximum absolute atomic E-state index is 12.4. The van der Waals surface area contributed by atoms with E-state index >= 15 is 0 Å². The number of nitrogens with one attached hydrogen (secondary N) is 1. The van der Waals surface area contributed by atoms with Crippen LogP contribution in [0, 0.1) is 0 Å². The molecule has 0 bridgehead atoms. The predicted octanol–water partition coefficient (Wildman–Crippen LogP) is 2.56. The third-order valence-electron chi connectivity index (χ3n) is 3.56. The highest BCUT2D eigenvalue weighted by Crippen LogP contribution is 2.22. The number of benzene rings is 1. The number of carbonyl (C=O) groups is 1. The second-order valence-electron chi connectivity index (χ2n) is 5.41. The summed E-state index contributed by atoms with van der Waals surface area (Å²) >= 11 is 0. The molecule has 1 heterocycles. The minimum Gasteiger partial charge on any atom is -0.375 e. The molecule has 114 valence electrons. The van der Waals surface area contributed by atoms with Gasteiger partial charge in [-0.3, -0.25) is 14.8 Å². The Morgan fingerprint density at radius 3 is 2.71 bits per heavy atom. The van der Waals surface area contributed by atoms with Gasteiger partial charge in [0.1, 0.15) is 0 Å². The van der Waals surface area contributed by atoms with Gasteiger partial charge in [-0.25, -0.2) is 5.48 Å². The van der Waals surface area contributed by atoms with Gasteiger partial charge in [-0.15, -0.1) is 0 Å². The second kappa shape index (κ2) is 6.13. The summed E-state index contributed by atoms with van der Waals surface area (Å²) < 4.78 is 6.60. The molecule has 0 aliphatic carbocycles. The molecular formula is C15H20N2O4. The molecule has 2 rings (SSSR count). The van der Waals surface area contributed by atoms with Gasteiger partial charge in [-0.1, -0.05) is 33.3 Å². The first-order valence-corrected chi connectivity index (χ1v) is 7.09. The summed E-state index contributed by atoms with van der Waals surface area (Å²) in [6, 6.07) is 4.57. The first kappa shape index (κ1) is 15.3. The van der Waals surface area contributed by atoms with Crippen LogP contribution in [-0.2, 0) is 4.79 Å². The molecule has 0 aliphatic heterocycles. The van der Waals surface area contributed by atoms with Crippen LogP contribution in [0.25, 0.3) is 11.0 Å². The second-order valence-corrected chi connectivity index (χ2v) is 5.41. The summed E-state index contributed by atoms with van der Waals surface area (Å²) in [4.78, 5) is 24.1. The van der Waals surface area contributed by atoms with E-state index in [1.165, 1.54) is 0 Å². The molecule has 0 saturated heterocycles. The fourth-order valence-electron chi connectivity index (χ4n) is 2.32. The Kier molecular flexibility index (Phi) is 4.47. The maximum Gasteiger partial charge on any atom is 0.291 e. The number of nitrogens with zero attached hydrogens (tertiary/aromatic N) is 1. The van der Waals surface area contributed by atoms with Gasteiger partial charge in [0.2, 0.25) is 0 Å². The average molecular weight is 292 g/mol. The van der Waals surface area contributed by atoms with Crippen LogP contribution >= 0.6 is 0 Å². The van der Waals surface area contributed by atoms with Crippen molar-refractivity contribution >= 4 is 16.9 Å². The molecule has 0 aliphatic rings. The molecule has 0 saturated carbocycles. The molecule has 1 unspecified atom stereocenters. The molecular weight excluding hydrogens is 272 g/mol. The van der Waals surface area contributed by atoms with Gasteiger partial charge in [0, 0.05) is 0 Å². The first-order chi connectivity index (χ1) is 9.99. The number of carbonyl (C=O) groups excluding carboxylic acids is 1. The molecule has 1 amide bonds. The number of fused-ring (bicyclic) bond motifs is 1. The Hall–Kier alpha value is -2.08. The van der Waals surface area contributed by atoms with Gasteiger partial charge in [0.05, 0.1) is 5.39 Å². The lowest BCUT2D eigenvalue weighted by Crippen LogP contribution is -2.34. The van der Waals surface area contributed by atoms with Crippen LogP contribution in [0.1, 0.15) is 51.1 Å². The highest BCUT2D eigenvalue weighted by atomic mass is 16.5. The van der Waals surface area contributed by atoms with Gasteiger partial charge in [-0.05, 0) is 30.0 Å². The van der Waals surface area contributed by atoms with Crippen molar-refractivity contribution in [3.8, 4) is 0 Å². The topological polar surface area (TPSA) is 84.5 Å². The fraction of sp³-hybridized carbons (Fsp3) is 0.467. The minimum absolute atomic E-state index is 0.315. The standard InChI is InChI=1S/C15H20N2O4/c1-4-5-12(14(18)16-20)17-15(19)11-7-6-10(9(2)3)8-13(11)21-17/h6-9,12,20H,4-5H2,1-3H3,(H,16,18). The Morgan fingerprint density at radius 1 is 1.43 bits per heavy atom. The summed E-state index contributed by atoms with van der Waals surface area (Å²) in [7, 11) is 0. The summed E-state index contributed by atoms with van der Waals surface area (Å²) in [5, 5.41) is 9.26. The van der Waals surface area contributed by atoms with Crippen LogP contribution in [0.5, 0.6) is 0 Å². The Morgan fingerprint density at radius 2 is 2.14 bits per heavy atom. The van der Waals surface area contributed by atoms with Gasteiger partial charge in [0.25, 0.3) is 11.5 Å². The number of rotatable bonds is 5. The van der Waals surface area contributed by atoms with Crippen LogP contribution in [0.15, 0.2) is 27.5 Å². The Bertz CT molecular complexity index is 699. The predicted molar refractivity (Wildman–Crippen MR) is 78.4 cm³/mol. The van der Waals surface area contributed by atoms with Gasteiger partial charge < -0.3 is 4.52 Å². The van der Waals surface area contributed by atoms with E-state index in [-0.39, 0.29) is 5.56 Å². The third kappa shape index (κ3) is 2.85. The molecule has 21 heavy (non-hydrogen) atoms. The van der Waals surface area contributed by atoms with Crippen molar-refractivity contribution in [1.82, 2.24) is 10.2 Å². The van der Waals surface area contributed by atoms with E-state index in [0.717, 1.165) is 10.3 Å². The largest absolute Gasteiger partial charge is 0.375 e. The van der Waals surface area contributed by atoms with Crippen molar-refractivity contribution in [1.29, 1.82) is 0 Å². The lowest BCUT2D eigenvalue weighted by Gasteiger charge is -2.12. The lowest BCUT2D eigenvalue weighted by atomic mass is 10.0. The van der Waals surface area contributed by atoms with E-state index in [2.05, 4.69) is 13.8 Å². The van der Waals surface area contributed by atoms with E-state index in [1.807, 2.05) is 19.1 Å². The molecule has 1 atom stereocenters. The fourth-order valence-corrected chi connectivity index (χ4v) is 2.32. The molecule has 0 spiro atoms. The van der Waals surface area contributed by atoms with Gasteiger partial charge in [-0.2, -0.15) is 4.74 Å². The molecule has 6 heteroatoms. The highest BCUT2D eigenvalue weighted by molar-refractivity contribution is 5.81. The molecule has 2 aromatic rings. The molecule has 2 N–H and O–H groups in total. The normalized spacial score (nSPS) is 12.8. The number of hydrogen-bond acceptors (Lipinski definition) is 4. The highest BCUT2D eigenvalue weighted by Gasteiger charge is 2.24. The van der Waals surface area contributed by atoms with Crippen molar-refractivity contribution in [2.75, 3.05) is 0 Å². The molecule has 0 radical (unpaired) electrons. The van der Waals surface area contributed by atoms with Crippen LogP contribution in [0.3, 0.4) is 0 Å². The van der Waals surface area contributed by atoms with Crippen molar-refractivity contribution in [2.45, 2.75) is 45.6 Å². The lowest BCUT2D eigenvalue weighted by molar-refractivity contribution is -0.134. The maximum atomic E-state index is 12.4. The van der Waals surface area contributed by atoms with Crippen molar-refractivity contribution in [2.24, 2.45) is 0 Å². The smallest absolute Gasteiger partial charge is 0.291 e. The van der Waals surface area contributed by atoms with E-state index in [1.54, 1.807) is 11.5 Å². The molecule has 6 nitrogen and oxygen atoms in total.